The Hall–Kier alpha value is -1.39. The van der Waals surface area contributed by atoms with E-state index >= 15 is 0 Å². The molecule has 1 rings (SSSR count). The third kappa shape index (κ3) is 4.10. The molecule has 0 bridgehead atoms. The second kappa shape index (κ2) is 6.16. The molecule has 0 fully saturated rings. The van der Waals surface area contributed by atoms with Gasteiger partial charge < -0.3 is 5.11 Å². The van der Waals surface area contributed by atoms with Gasteiger partial charge in [0, 0.05) is 5.56 Å². The van der Waals surface area contributed by atoms with Gasteiger partial charge in [-0.15, -0.1) is 0 Å². The monoisotopic (exact) mass is 209 g/mol. The molecule has 1 atom stereocenters. The van der Waals surface area contributed by atoms with Crippen molar-refractivity contribution in [2.24, 2.45) is 0 Å². The van der Waals surface area contributed by atoms with Crippen LogP contribution in [0.4, 0.5) is 0 Å². The molecular formula is C11H15NO3. The fourth-order valence-electron chi connectivity index (χ4n) is 0.970. The summed E-state index contributed by atoms with van der Waals surface area (Å²) in [5.74, 6) is -0.307. The van der Waals surface area contributed by atoms with Gasteiger partial charge in [0.15, 0.2) is 0 Å². The van der Waals surface area contributed by atoms with Crippen molar-refractivity contribution in [2.75, 3.05) is 6.61 Å². The first-order valence-electron chi connectivity index (χ1n) is 4.89. The Balaban J connectivity index is 2.31. The second-order valence-corrected chi connectivity index (χ2v) is 3.17. The highest BCUT2D eigenvalue weighted by Crippen LogP contribution is 1.98. The van der Waals surface area contributed by atoms with Crippen LogP contribution in [0.25, 0.3) is 0 Å². The zero-order valence-corrected chi connectivity index (χ0v) is 8.64. The van der Waals surface area contributed by atoms with Crippen molar-refractivity contribution in [2.45, 2.75) is 19.4 Å². The molecule has 4 nitrogen and oxygen atoms in total. The van der Waals surface area contributed by atoms with Crippen LogP contribution in [0.2, 0.25) is 0 Å². The Kier molecular flexibility index (Phi) is 4.80. The van der Waals surface area contributed by atoms with E-state index in [0.29, 0.717) is 12.0 Å². The van der Waals surface area contributed by atoms with Crippen LogP contribution in [-0.2, 0) is 4.84 Å². The maximum absolute atomic E-state index is 11.4. The van der Waals surface area contributed by atoms with Crippen molar-refractivity contribution in [3.8, 4) is 0 Å². The van der Waals surface area contributed by atoms with E-state index in [4.69, 9.17) is 9.94 Å². The number of hydroxylamine groups is 1. The molecule has 0 aliphatic carbocycles. The summed E-state index contributed by atoms with van der Waals surface area (Å²) in [6, 6.07) is 8.76. The SMILES string of the molecule is CCC(O)CONC(=O)c1ccccc1. The number of carbonyl (C=O) groups excluding carboxylic acids is 1. The normalized spacial score (nSPS) is 12.1. The highest BCUT2D eigenvalue weighted by atomic mass is 16.7. The molecular weight excluding hydrogens is 194 g/mol. The van der Waals surface area contributed by atoms with Crippen LogP contribution in [0.5, 0.6) is 0 Å². The number of amides is 1. The minimum absolute atomic E-state index is 0.106. The van der Waals surface area contributed by atoms with E-state index in [1.807, 2.05) is 13.0 Å². The van der Waals surface area contributed by atoms with Crippen LogP contribution in [0.15, 0.2) is 30.3 Å². The standard InChI is InChI=1S/C11H15NO3/c1-2-10(13)8-15-12-11(14)9-6-4-3-5-7-9/h3-7,10,13H,2,8H2,1H3,(H,12,14). The van der Waals surface area contributed by atoms with E-state index in [0.717, 1.165) is 0 Å². The molecule has 0 saturated carbocycles. The summed E-state index contributed by atoms with van der Waals surface area (Å²) >= 11 is 0. The van der Waals surface area contributed by atoms with Crippen LogP contribution >= 0.6 is 0 Å². The smallest absolute Gasteiger partial charge is 0.274 e. The van der Waals surface area contributed by atoms with Gasteiger partial charge in [-0.05, 0) is 18.6 Å². The molecule has 0 radical (unpaired) electrons. The molecule has 1 aromatic rings. The van der Waals surface area contributed by atoms with E-state index < -0.39 is 6.10 Å². The third-order valence-electron chi connectivity index (χ3n) is 1.95. The quantitative estimate of drug-likeness (QED) is 0.714. The molecule has 0 aliphatic rings. The molecule has 2 N–H and O–H groups in total. The van der Waals surface area contributed by atoms with Gasteiger partial charge in [-0.1, -0.05) is 25.1 Å². The van der Waals surface area contributed by atoms with Crippen molar-refractivity contribution in [3.63, 3.8) is 0 Å². The number of hydrogen-bond acceptors (Lipinski definition) is 3. The van der Waals surface area contributed by atoms with E-state index in [9.17, 15) is 4.79 Å². The summed E-state index contributed by atoms with van der Waals surface area (Å²) in [5, 5.41) is 9.17. The predicted octanol–water partition coefficient (Wildman–Crippen LogP) is 1.12. The van der Waals surface area contributed by atoms with Gasteiger partial charge in [0.1, 0.15) is 6.61 Å². The average molecular weight is 209 g/mol. The Morgan fingerprint density at radius 3 is 2.73 bits per heavy atom. The lowest BCUT2D eigenvalue weighted by Gasteiger charge is -2.09. The van der Waals surface area contributed by atoms with Crippen molar-refractivity contribution in [1.29, 1.82) is 0 Å². The van der Waals surface area contributed by atoms with Gasteiger partial charge >= 0.3 is 0 Å². The second-order valence-electron chi connectivity index (χ2n) is 3.17. The van der Waals surface area contributed by atoms with Gasteiger partial charge in [0.2, 0.25) is 0 Å². The summed E-state index contributed by atoms with van der Waals surface area (Å²) in [7, 11) is 0. The molecule has 4 heteroatoms. The molecule has 0 heterocycles. The molecule has 0 aromatic heterocycles. The van der Waals surface area contributed by atoms with Gasteiger partial charge in [0.05, 0.1) is 6.10 Å². The minimum Gasteiger partial charge on any atom is -0.391 e. The fourth-order valence-corrected chi connectivity index (χ4v) is 0.970. The van der Waals surface area contributed by atoms with Crippen molar-refractivity contribution >= 4 is 5.91 Å². The molecule has 82 valence electrons. The lowest BCUT2D eigenvalue weighted by atomic mass is 10.2. The van der Waals surface area contributed by atoms with E-state index in [1.165, 1.54) is 0 Å². The van der Waals surface area contributed by atoms with Crippen LogP contribution in [-0.4, -0.2) is 23.7 Å². The lowest BCUT2D eigenvalue weighted by Crippen LogP contribution is -2.28. The molecule has 1 amide bonds. The van der Waals surface area contributed by atoms with Gasteiger partial charge in [-0.25, -0.2) is 5.48 Å². The van der Waals surface area contributed by atoms with E-state index in [1.54, 1.807) is 24.3 Å². The Bertz CT molecular complexity index is 300. The van der Waals surface area contributed by atoms with Crippen molar-refractivity contribution in [3.05, 3.63) is 35.9 Å². The van der Waals surface area contributed by atoms with Crippen LogP contribution in [0, 0.1) is 0 Å². The van der Waals surface area contributed by atoms with E-state index in [-0.39, 0.29) is 12.5 Å². The Morgan fingerprint density at radius 2 is 2.13 bits per heavy atom. The highest BCUT2D eigenvalue weighted by Gasteiger charge is 2.05. The maximum Gasteiger partial charge on any atom is 0.274 e. The zero-order chi connectivity index (χ0) is 11.1. The highest BCUT2D eigenvalue weighted by molar-refractivity contribution is 5.93. The average Bonchev–Trinajstić information content (AvgIpc) is 2.29. The van der Waals surface area contributed by atoms with Crippen molar-refractivity contribution < 1.29 is 14.7 Å². The molecule has 15 heavy (non-hydrogen) atoms. The third-order valence-corrected chi connectivity index (χ3v) is 1.95. The first-order chi connectivity index (χ1) is 7.24. The summed E-state index contributed by atoms with van der Waals surface area (Å²) in [5.41, 5.74) is 2.80. The minimum atomic E-state index is -0.541. The van der Waals surface area contributed by atoms with Gasteiger partial charge in [-0.3, -0.25) is 9.63 Å². The molecule has 0 spiro atoms. The molecule has 0 saturated heterocycles. The van der Waals surface area contributed by atoms with Crippen molar-refractivity contribution in [1.82, 2.24) is 5.48 Å². The predicted molar refractivity (Wildman–Crippen MR) is 56.2 cm³/mol. The number of aliphatic hydroxyl groups is 1. The number of aliphatic hydroxyl groups excluding tert-OH is 1. The lowest BCUT2D eigenvalue weighted by molar-refractivity contribution is -0.0133. The number of nitrogens with one attached hydrogen (secondary N) is 1. The first kappa shape index (κ1) is 11.7. The number of carbonyl (C=O) groups is 1. The topological polar surface area (TPSA) is 58.6 Å². The Labute approximate surface area is 88.8 Å². The number of rotatable bonds is 5. The van der Waals surface area contributed by atoms with E-state index in [2.05, 4.69) is 5.48 Å². The summed E-state index contributed by atoms with van der Waals surface area (Å²) < 4.78 is 0. The summed E-state index contributed by atoms with van der Waals surface area (Å²) in [4.78, 5) is 16.2. The summed E-state index contributed by atoms with van der Waals surface area (Å²) in [6.07, 6.45) is 0.0577. The molecule has 1 unspecified atom stereocenters. The zero-order valence-electron chi connectivity index (χ0n) is 8.64. The number of benzene rings is 1. The number of hydrogen-bond donors (Lipinski definition) is 2. The first-order valence-corrected chi connectivity index (χ1v) is 4.89. The molecule has 1 aromatic carbocycles. The molecule has 0 aliphatic heterocycles. The largest absolute Gasteiger partial charge is 0.391 e. The van der Waals surface area contributed by atoms with Gasteiger partial charge in [0.25, 0.3) is 5.91 Å². The fraction of sp³-hybridized carbons (Fsp3) is 0.364. The Morgan fingerprint density at radius 1 is 1.47 bits per heavy atom. The van der Waals surface area contributed by atoms with Gasteiger partial charge in [-0.2, -0.15) is 0 Å². The summed E-state index contributed by atoms with van der Waals surface area (Å²) in [6.45, 7) is 1.95. The van der Waals surface area contributed by atoms with Crippen LogP contribution in [0.3, 0.4) is 0 Å². The van der Waals surface area contributed by atoms with Crippen LogP contribution < -0.4 is 5.48 Å². The maximum atomic E-state index is 11.4. The van der Waals surface area contributed by atoms with Crippen LogP contribution in [0.1, 0.15) is 23.7 Å².